The highest BCUT2D eigenvalue weighted by molar-refractivity contribution is 7.98. The van der Waals surface area contributed by atoms with Gasteiger partial charge < -0.3 is 0 Å². The Morgan fingerprint density at radius 1 is 1.28 bits per heavy atom. The molecule has 2 aromatic heterocycles. The highest BCUT2D eigenvalue weighted by atomic mass is 35.5. The van der Waals surface area contributed by atoms with Crippen LogP contribution in [-0.4, -0.2) is 14.8 Å². The Balaban J connectivity index is 1.83. The molecule has 0 saturated heterocycles. The van der Waals surface area contributed by atoms with Gasteiger partial charge in [-0.25, -0.2) is 0 Å². The van der Waals surface area contributed by atoms with Crippen molar-refractivity contribution in [3.05, 3.63) is 63.8 Å². The highest BCUT2D eigenvalue weighted by Crippen LogP contribution is 2.31. The van der Waals surface area contributed by atoms with Crippen LogP contribution in [0.4, 0.5) is 0 Å². The lowest BCUT2D eigenvalue weighted by Crippen LogP contribution is -2.00. The van der Waals surface area contributed by atoms with E-state index >= 15 is 0 Å². The lowest BCUT2D eigenvalue weighted by atomic mass is 10.1. The van der Waals surface area contributed by atoms with E-state index < -0.39 is 0 Å². The van der Waals surface area contributed by atoms with E-state index in [1.165, 1.54) is 10.4 Å². The number of hydrogen-bond acceptors (Lipinski definition) is 4. The Hall–Kier alpha value is -1.56. The van der Waals surface area contributed by atoms with Crippen LogP contribution in [0.5, 0.6) is 0 Å². The van der Waals surface area contributed by atoms with Gasteiger partial charge in [-0.15, -0.1) is 28.1 Å². The molecule has 0 spiro atoms. The van der Waals surface area contributed by atoms with Crippen LogP contribution in [0.15, 0.2) is 53.5 Å². The van der Waals surface area contributed by atoms with Gasteiger partial charge in [0.25, 0.3) is 0 Å². The van der Waals surface area contributed by atoms with E-state index in [2.05, 4.69) is 46.6 Å². The number of halogens is 1. The van der Waals surface area contributed by atoms with Crippen LogP contribution < -0.4 is 0 Å². The van der Waals surface area contributed by atoms with Gasteiger partial charge in [-0.05, 0) is 29.7 Å². The van der Waals surface area contributed by atoms with Crippen molar-refractivity contribution in [1.82, 2.24) is 14.8 Å². The second kappa shape index (κ2) is 8.21. The summed E-state index contributed by atoms with van der Waals surface area (Å²) in [5.41, 5.74) is 2.34. The second-order valence-electron chi connectivity index (χ2n) is 6.01. The number of aromatic nitrogens is 3. The minimum absolute atomic E-state index is 0.522. The van der Waals surface area contributed by atoms with E-state index in [9.17, 15) is 0 Å². The molecule has 0 radical (unpaired) electrons. The minimum Gasteiger partial charge on any atom is -0.298 e. The van der Waals surface area contributed by atoms with Crippen LogP contribution in [-0.2, 0) is 12.3 Å². The van der Waals surface area contributed by atoms with Gasteiger partial charge in [-0.3, -0.25) is 4.57 Å². The molecular formula is C19H20ClN3S2. The van der Waals surface area contributed by atoms with Gasteiger partial charge in [0.2, 0.25) is 0 Å². The molecule has 1 aromatic carbocycles. The summed E-state index contributed by atoms with van der Waals surface area (Å²) in [6, 6.07) is 10.1. The number of rotatable bonds is 7. The third-order valence-electron chi connectivity index (χ3n) is 3.76. The predicted molar refractivity (Wildman–Crippen MR) is 109 cm³/mol. The number of allylic oxidation sites excluding steroid dienone is 1. The number of thioether (sulfide) groups is 1. The summed E-state index contributed by atoms with van der Waals surface area (Å²) in [6.45, 7) is 8.98. The molecule has 0 fully saturated rings. The van der Waals surface area contributed by atoms with Gasteiger partial charge in [0, 0.05) is 33.1 Å². The van der Waals surface area contributed by atoms with Gasteiger partial charge in [-0.2, -0.15) is 0 Å². The van der Waals surface area contributed by atoms with Crippen LogP contribution in [0.1, 0.15) is 30.2 Å². The molecule has 25 heavy (non-hydrogen) atoms. The van der Waals surface area contributed by atoms with Crippen molar-refractivity contribution in [3.8, 4) is 11.4 Å². The van der Waals surface area contributed by atoms with Gasteiger partial charge in [0.1, 0.15) is 0 Å². The number of benzene rings is 1. The Labute approximate surface area is 161 Å². The summed E-state index contributed by atoms with van der Waals surface area (Å²) in [4.78, 5) is 1.36. The second-order valence-corrected chi connectivity index (χ2v) is 8.33. The first-order chi connectivity index (χ1) is 12.1. The van der Waals surface area contributed by atoms with E-state index in [1.807, 2.05) is 30.3 Å². The smallest absolute Gasteiger partial charge is 0.192 e. The first kappa shape index (κ1) is 18.2. The molecule has 6 heteroatoms. The molecule has 0 atom stereocenters. The summed E-state index contributed by atoms with van der Waals surface area (Å²) < 4.78 is 2.12. The van der Waals surface area contributed by atoms with Crippen molar-refractivity contribution in [2.24, 2.45) is 0 Å². The van der Waals surface area contributed by atoms with Crippen molar-refractivity contribution >= 4 is 34.7 Å². The SMILES string of the molecule is C=CCn1c(SCc2ccc(Cl)cc2)nnc1-c1csc(C(C)C)c1. The first-order valence-corrected chi connectivity index (χ1v) is 10.3. The van der Waals surface area contributed by atoms with E-state index in [-0.39, 0.29) is 0 Å². The fourth-order valence-corrected chi connectivity index (χ4v) is 4.34. The number of thiophene rings is 1. The zero-order chi connectivity index (χ0) is 17.8. The van der Waals surface area contributed by atoms with Crippen molar-refractivity contribution in [2.75, 3.05) is 0 Å². The summed E-state index contributed by atoms with van der Waals surface area (Å²) in [6.07, 6.45) is 1.88. The number of hydrogen-bond donors (Lipinski definition) is 0. The molecule has 0 aliphatic carbocycles. The van der Waals surface area contributed by atoms with Gasteiger partial charge in [0.15, 0.2) is 11.0 Å². The third-order valence-corrected chi connectivity index (χ3v) is 6.28. The summed E-state index contributed by atoms with van der Waals surface area (Å²) in [5.74, 6) is 2.25. The molecule has 3 rings (SSSR count). The molecule has 0 amide bonds. The van der Waals surface area contributed by atoms with Crippen LogP contribution in [0.3, 0.4) is 0 Å². The zero-order valence-electron chi connectivity index (χ0n) is 14.3. The van der Waals surface area contributed by atoms with Crippen molar-refractivity contribution in [1.29, 1.82) is 0 Å². The topological polar surface area (TPSA) is 30.7 Å². The Morgan fingerprint density at radius 3 is 2.68 bits per heavy atom. The fourth-order valence-electron chi connectivity index (χ4n) is 2.40. The maximum absolute atomic E-state index is 5.95. The highest BCUT2D eigenvalue weighted by Gasteiger charge is 2.15. The zero-order valence-corrected chi connectivity index (χ0v) is 16.7. The fraction of sp³-hybridized carbons (Fsp3) is 0.263. The molecule has 3 nitrogen and oxygen atoms in total. The standard InChI is InChI=1S/C19H20ClN3S2/c1-4-9-23-18(15-10-17(13(2)3)24-12-15)21-22-19(23)25-11-14-5-7-16(20)8-6-14/h4-8,10,12-13H,1,9,11H2,2-3H3. The molecular weight excluding hydrogens is 370 g/mol. The van der Waals surface area contributed by atoms with Crippen molar-refractivity contribution in [2.45, 2.75) is 37.2 Å². The Bertz CT molecular complexity index is 850. The summed E-state index contributed by atoms with van der Waals surface area (Å²) in [5, 5.41) is 12.7. The van der Waals surface area contributed by atoms with E-state index in [4.69, 9.17) is 11.6 Å². The maximum Gasteiger partial charge on any atom is 0.192 e. The molecule has 0 saturated carbocycles. The normalized spacial score (nSPS) is 11.2. The Morgan fingerprint density at radius 2 is 2.04 bits per heavy atom. The molecule has 0 bridgehead atoms. The monoisotopic (exact) mass is 389 g/mol. The largest absolute Gasteiger partial charge is 0.298 e. The van der Waals surface area contributed by atoms with Crippen LogP contribution >= 0.6 is 34.7 Å². The van der Waals surface area contributed by atoms with E-state index in [0.29, 0.717) is 12.5 Å². The van der Waals surface area contributed by atoms with Crippen molar-refractivity contribution in [3.63, 3.8) is 0 Å². The Kier molecular flexibility index (Phi) is 5.99. The molecule has 0 aliphatic heterocycles. The molecule has 130 valence electrons. The van der Waals surface area contributed by atoms with Crippen LogP contribution in [0.25, 0.3) is 11.4 Å². The predicted octanol–water partition coefficient (Wildman–Crippen LogP) is 6.26. The quantitative estimate of drug-likeness (QED) is 0.353. The molecule has 3 aromatic rings. The van der Waals surface area contributed by atoms with Gasteiger partial charge >= 0.3 is 0 Å². The molecule has 0 N–H and O–H groups in total. The maximum atomic E-state index is 5.95. The molecule has 0 aliphatic rings. The van der Waals surface area contributed by atoms with E-state index in [0.717, 1.165) is 27.3 Å². The lowest BCUT2D eigenvalue weighted by Gasteiger charge is -2.07. The lowest BCUT2D eigenvalue weighted by molar-refractivity contribution is 0.731. The molecule has 2 heterocycles. The third kappa shape index (κ3) is 4.35. The minimum atomic E-state index is 0.522. The molecule has 0 unspecified atom stereocenters. The average Bonchev–Trinajstić information content (AvgIpc) is 3.22. The first-order valence-electron chi connectivity index (χ1n) is 8.08. The number of nitrogens with zero attached hydrogens (tertiary/aromatic N) is 3. The van der Waals surface area contributed by atoms with Gasteiger partial charge in [-0.1, -0.05) is 55.4 Å². The summed E-state index contributed by atoms with van der Waals surface area (Å²) >= 11 is 9.40. The van der Waals surface area contributed by atoms with Crippen LogP contribution in [0.2, 0.25) is 5.02 Å². The summed E-state index contributed by atoms with van der Waals surface area (Å²) in [7, 11) is 0. The van der Waals surface area contributed by atoms with E-state index in [1.54, 1.807) is 23.1 Å². The van der Waals surface area contributed by atoms with Gasteiger partial charge in [0.05, 0.1) is 0 Å². The van der Waals surface area contributed by atoms with Crippen molar-refractivity contribution < 1.29 is 0 Å². The average molecular weight is 390 g/mol. The van der Waals surface area contributed by atoms with Crippen LogP contribution in [0, 0.1) is 0 Å².